The molecule has 0 unspecified atom stereocenters. The van der Waals surface area contributed by atoms with Crippen LogP contribution in [0.1, 0.15) is 0 Å². The summed E-state index contributed by atoms with van der Waals surface area (Å²) in [6, 6.07) is 4.07. The first-order chi connectivity index (χ1) is 6.66. The van der Waals surface area contributed by atoms with E-state index in [2.05, 4.69) is 4.98 Å². The normalized spacial score (nSPS) is 10.6. The molecule has 0 saturated carbocycles. The average Bonchev–Trinajstić information content (AvgIpc) is 2.47. The summed E-state index contributed by atoms with van der Waals surface area (Å²) in [5.41, 5.74) is 1.08. The van der Waals surface area contributed by atoms with Gasteiger partial charge in [0, 0.05) is 6.07 Å². The van der Waals surface area contributed by atoms with E-state index < -0.39 is 5.97 Å². The Morgan fingerprint density at radius 2 is 2.36 bits per heavy atom. The number of fused-ring (bicyclic) bond motifs is 1. The van der Waals surface area contributed by atoms with Gasteiger partial charge in [0.05, 0.1) is 17.4 Å². The van der Waals surface area contributed by atoms with Crippen LogP contribution in [0, 0.1) is 5.82 Å². The number of nitrogens with zero attached hydrogens (tertiary/aromatic N) is 2. The van der Waals surface area contributed by atoms with E-state index >= 15 is 0 Å². The summed E-state index contributed by atoms with van der Waals surface area (Å²) in [4.78, 5) is 14.3. The van der Waals surface area contributed by atoms with E-state index in [1.807, 2.05) is 0 Å². The van der Waals surface area contributed by atoms with Crippen LogP contribution >= 0.6 is 0 Å². The van der Waals surface area contributed by atoms with Crippen molar-refractivity contribution in [2.24, 2.45) is 0 Å². The van der Waals surface area contributed by atoms with Crippen LogP contribution in [0.5, 0.6) is 0 Å². The van der Waals surface area contributed by atoms with Crippen molar-refractivity contribution < 1.29 is 14.3 Å². The van der Waals surface area contributed by atoms with E-state index in [4.69, 9.17) is 5.11 Å². The van der Waals surface area contributed by atoms with Crippen LogP contribution in [-0.2, 0) is 11.3 Å². The molecule has 1 aromatic heterocycles. The summed E-state index contributed by atoms with van der Waals surface area (Å²) in [5, 5.41) is 8.58. The Balaban J connectivity index is 2.52. The summed E-state index contributed by atoms with van der Waals surface area (Å²) in [7, 11) is 0. The second-order valence-electron chi connectivity index (χ2n) is 2.90. The van der Waals surface area contributed by atoms with Crippen molar-refractivity contribution in [3.8, 4) is 0 Å². The Morgan fingerprint density at radius 1 is 1.57 bits per heavy atom. The molecule has 0 saturated heterocycles. The van der Waals surface area contributed by atoms with Crippen LogP contribution < -0.4 is 0 Å². The minimum Gasteiger partial charge on any atom is -0.480 e. The highest BCUT2D eigenvalue weighted by molar-refractivity contribution is 5.77. The second kappa shape index (κ2) is 3.10. The number of imidazole rings is 1. The molecule has 1 heterocycles. The Kier molecular flexibility index (Phi) is 1.92. The molecule has 72 valence electrons. The molecule has 0 aliphatic carbocycles. The van der Waals surface area contributed by atoms with Crippen LogP contribution in [-0.4, -0.2) is 20.6 Å². The summed E-state index contributed by atoms with van der Waals surface area (Å²) in [6.45, 7) is -0.165. The highest BCUT2D eigenvalue weighted by atomic mass is 19.1. The molecule has 0 aliphatic heterocycles. The number of halogens is 1. The number of hydrogen-bond acceptors (Lipinski definition) is 2. The molecule has 0 amide bonds. The van der Waals surface area contributed by atoms with Gasteiger partial charge in [-0.3, -0.25) is 4.79 Å². The predicted molar refractivity (Wildman–Crippen MR) is 47.3 cm³/mol. The monoisotopic (exact) mass is 194 g/mol. The number of hydrogen-bond donors (Lipinski definition) is 1. The topological polar surface area (TPSA) is 55.1 Å². The van der Waals surface area contributed by atoms with Gasteiger partial charge in [-0.1, -0.05) is 0 Å². The zero-order chi connectivity index (χ0) is 10.1. The first-order valence-corrected chi connectivity index (χ1v) is 3.99. The standard InChI is InChI=1S/C9H7FN2O2/c10-6-1-2-8-7(3-6)11-5-12(8)4-9(13)14/h1-3,5H,4H2,(H,13,14). The molecule has 0 bridgehead atoms. The molecule has 2 aromatic rings. The van der Waals surface area contributed by atoms with Gasteiger partial charge in [0.1, 0.15) is 12.4 Å². The molecule has 2 rings (SSSR count). The first kappa shape index (κ1) is 8.68. The Morgan fingerprint density at radius 3 is 3.07 bits per heavy atom. The van der Waals surface area contributed by atoms with Crippen LogP contribution in [0.3, 0.4) is 0 Å². The van der Waals surface area contributed by atoms with E-state index in [1.165, 1.54) is 29.1 Å². The van der Waals surface area contributed by atoms with E-state index in [1.54, 1.807) is 0 Å². The Bertz CT molecular complexity index is 493. The number of aliphatic carboxylic acids is 1. The molecule has 0 radical (unpaired) electrons. The number of carbonyl (C=O) groups is 1. The minimum absolute atomic E-state index is 0.165. The molecular weight excluding hydrogens is 187 g/mol. The van der Waals surface area contributed by atoms with Gasteiger partial charge in [0.2, 0.25) is 0 Å². The van der Waals surface area contributed by atoms with E-state index in [9.17, 15) is 9.18 Å². The van der Waals surface area contributed by atoms with Crippen molar-refractivity contribution >= 4 is 17.0 Å². The van der Waals surface area contributed by atoms with Gasteiger partial charge >= 0.3 is 5.97 Å². The van der Waals surface area contributed by atoms with Crippen molar-refractivity contribution in [3.05, 3.63) is 30.3 Å². The number of rotatable bonds is 2. The molecule has 0 spiro atoms. The zero-order valence-corrected chi connectivity index (χ0v) is 7.14. The lowest BCUT2D eigenvalue weighted by molar-refractivity contribution is -0.137. The fourth-order valence-electron chi connectivity index (χ4n) is 1.31. The van der Waals surface area contributed by atoms with Crippen molar-refractivity contribution in [1.29, 1.82) is 0 Å². The third-order valence-electron chi connectivity index (χ3n) is 1.89. The Hall–Kier alpha value is -1.91. The highest BCUT2D eigenvalue weighted by Gasteiger charge is 2.05. The largest absolute Gasteiger partial charge is 0.480 e. The van der Waals surface area contributed by atoms with E-state index in [0.717, 1.165) is 0 Å². The van der Waals surface area contributed by atoms with Crippen LogP contribution in [0.15, 0.2) is 24.5 Å². The van der Waals surface area contributed by atoms with Crippen molar-refractivity contribution in [2.45, 2.75) is 6.54 Å². The quantitative estimate of drug-likeness (QED) is 0.782. The number of benzene rings is 1. The third kappa shape index (κ3) is 1.44. The fraction of sp³-hybridized carbons (Fsp3) is 0.111. The highest BCUT2D eigenvalue weighted by Crippen LogP contribution is 2.13. The van der Waals surface area contributed by atoms with E-state index in [-0.39, 0.29) is 12.4 Å². The molecule has 0 fully saturated rings. The average molecular weight is 194 g/mol. The molecule has 1 aromatic carbocycles. The molecule has 4 nitrogen and oxygen atoms in total. The molecule has 5 heteroatoms. The lowest BCUT2D eigenvalue weighted by atomic mass is 10.3. The van der Waals surface area contributed by atoms with Crippen molar-refractivity contribution in [3.63, 3.8) is 0 Å². The van der Waals surface area contributed by atoms with Gasteiger partial charge in [-0.15, -0.1) is 0 Å². The first-order valence-electron chi connectivity index (χ1n) is 3.99. The number of carboxylic acids is 1. The van der Waals surface area contributed by atoms with Crippen LogP contribution in [0.2, 0.25) is 0 Å². The molecule has 1 N–H and O–H groups in total. The predicted octanol–water partition coefficient (Wildman–Crippen LogP) is 1.26. The number of aromatic nitrogens is 2. The maximum absolute atomic E-state index is 12.7. The SMILES string of the molecule is O=C(O)Cn1cnc2cc(F)ccc21. The summed E-state index contributed by atoms with van der Waals surface area (Å²) in [6.07, 6.45) is 1.39. The van der Waals surface area contributed by atoms with Crippen molar-refractivity contribution in [1.82, 2.24) is 9.55 Å². The van der Waals surface area contributed by atoms with Crippen LogP contribution in [0.4, 0.5) is 4.39 Å². The van der Waals surface area contributed by atoms with Gasteiger partial charge in [-0.25, -0.2) is 9.37 Å². The van der Waals surface area contributed by atoms with Gasteiger partial charge in [-0.05, 0) is 12.1 Å². The molecular formula is C9H7FN2O2. The zero-order valence-electron chi connectivity index (χ0n) is 7.14. The Labute approximate surface area is 78.6 Å². The number of carboxylic acid groups (broad SMARTS) is 1. The summed E-state index contributed by atoms with van der Waals surface area (Å²) >= 11 is 0. The fourth-order valence-corrected chi connectivity index (χ4v) is 1.31. The summed E-state index contributed by atoms with van der Waals surface area (Å²) in [5.74, 6) is -1.33. The van der Waals surface area contributed by atoms with E-state index in [0.29, 0.717) is 11.0 Å². The minimum atomic E-state index is -0.950. The second-order valence-corrected chi connectivity index (χ2v) is 2.90. The lowest BCUT2D eigenvalue weighted by Crippen LogP contribution is -2.07. The maximum Gasteiger partial charge on any atom is 0.323 e. The van der Waals surface area contributed by atoms with Gasteiger partial charge in [0.15, 0.2) is 0 Å². The third-order valence-corrected chi connectivity index (χ3v) is 1.89. The molecule has 14 heavy (non-hydrogen) atoms. The van der Waals surface area contributed by atoms with Crippen molar-refractivity contribution in [2.75, 3.05) is 0 Å². The van der Waals surface area contributed by atoms with Crippen LogP contribution in [0.25, 0.3) is 11.0 Å². The van der Waals surface area contributed by atoms with Gasteiger partial charge in [0.25, 0.3) is 0 Å². The lowest BCUT2D eigenvalue weighted by Gasteiger charge is -1.98. The molecule has 0 atom stereocenters. The molecule has 0 aliphatic rings. The van der Waals surface area contributed by atoms with Gasteiger partial charge < -0.3 is 9.67 Å². The summed E-state index contributed by atoms with van der Waals surface area (Å²) < 4.78 is 14.2. The van der Waals surface area contributed by atoms with Gasteiger partial charge in [-0.2, -0.15) is 0 Å². The smallest absolute Gasteiger partial charge is 0.323 e. The maximum atomic E-state index is 12.7.